The fourth-order valence-electron chi connectivity index (χ4n) is 4.85. The molecular weight excluding hydrogens is 550 g/mol. The Balaban J connectivity index is 2.20. The molecule has 2 aliphatic rings. The van der Waals surface area contributed by atoms with Gasteiger partial charge in [0.25, 0.3) is 5.91 Å². The molecule has 0 aromatic heterocycles. The first-order chi connectivity index (χ1) is 19.1. The van der Waals surface area contributed by atoms with Crippen LogP contribution >= 0.6 is 11.6 Å². The lowest BCUT2D eigenvalue weighted by molar-refractivity contribution is -0.143. The molecule has 0 aromatic carbocycles. The summed E-state index contributed by atoms with van der Waals surface area (Å²) in [7, 11) is 0. The first-order valence-electron chi connectivity index (χ1n) is 14.4. The fourth-order valence-corrected chi connectivity index (χ4v) is 5.20. The molecule has 5 amide bonds. The van der Waals surface area contributed by atoms with Crippen LogP contribution in [0, 0.1) is 17.3 Å². The number of hydrogen-bond acceptors (Lipinski definition) is 6. The molecule has 2 rings (SSSR count). The summed E-state index contributed by atoms with van der Waals surface area (Å²) < 4.78 is 0. The summed E-state index contributed by atoms with van der Waals surface area (Å²) in [6.45, 7) is 14.6. The van der Waals surface area contributed by atoms with Gasteiger partial charge >= 0.3 is 6.03 Å². The number of urea groups is 1. The number of ketones is 2. The molecule has 2 fully saturated rings. The molecule has 1 saturated heterocycles. The van der Waals surface area contributed by atoms with Crippen LogP contribution in [0.1, 0.15) is 73.6 Å². The number of rotatable bonds is 14. The summed E-state index contributed by atoms with van der Waals surface area (Å²) in [6.07, 6.45) is 4.14. The van der Waals surface area contributed by atoms with Crippen LogP contribution in [0.3, 0.4) is 0 Å². The van der Waals surface area contributed by atoms with Crippen LogP contribution in [0.2, 0.25) is 0 Å². The highest BCUT2D eigenvalue weighted by molar-refractivity contribution is 6.38. The summed E-state index contributed by atoms with van der Waals surface area (Å²) in [5, 5.41) is 9.80. The van der Waals surface area contributed by atoms with Crippen LogP contribution in [-0.4, -0.2) is 82.9 Å². The third-order valence-electron chi connectivity index (χ3n) is 7.34. The minimum atomic E-state index is -1.11. The highest BCUT2D eigenvalue weighted by Gasteiger charge is 2.47. The predicted octanol–water partition coefficient (Wildman–Crippen LogP) is 2.07. The minimum absolute atomic E-state index is 0.00982. The number of nitrogens with one attached hydrogen (secondary N) is 4. The number of likely N-dealkylation sites (tertiary alicyclic amines) is 1. The second kappa shape index (κ2) is 14.8. The molecule has 1 saturated carbocycles. The lowest BCUT2D eigenvalue weighted by atomic mass is 9.85. The molecule has 1 aliphatic heterocycles. The third kappa shape index (κ3) is 9.28. The fraction of sp³-hybridized carbons (Fsp3) is 0.724. The Labute approximate surface area is 247 Å². The largest absolute Gasteiger partial charge is 0.346 e. The van der Waals surface area contributed by atoms with Gasteiger partial charge in [0.2, 0.25) is 17.6 Å². The molecule has 0 aromatic rings. The molecule has 41 heavy (non-hydrogen) atoms. The summed E-state index contributed by atoms with van der Waals surface area (Å²) in [6, 6.07) is -4.55. The molecule has 5 atom stereocenters. The molecule has 12 heteroatoms. The van der Waals surface area contributed by atoms with Gasteiger partial charge in [-0.15, -0.1) is 18.2 Å². The Kier molecular flexibility index (Phi) is 12.4. The van der Waals surface area contributed by atoms with Gasteiger partial charge in [0, 0.05) is 19.0 Å². The van der Waals surface area contributed by atoms with Crippen molar-refractivity contribution >= 4 is 46.9 Å². The minimum Gasteiger partial charge on any atom is -0.346 e. The Morgan fingerprint density at radius 2 is 1.66 bits per heavy atom. The third-order valence-corrected chi connectivity index (χ3v) is 7.80. The van der Waals surface area contributed by atoms with Gasteiger partial charge in [-0.2, -0.15) is 0 Å². The number of amides is 5. The van der Waals surface area contributed by atoms with E-state index in [0.29, 0.717) is 12.8 Å². The van der Waals surface area contributed by atoms with Crippen molar-refractivity contribution in [2.75, 3.05) is 13.1 Å². The van der Waals surface area contributed by atoms with Crippen molar-refractivity contribution < 1.29 is 28.8 Å². The molecule has 0 bridgehead atoms. The van der Waals surface area contributed by atoms with Gasteiger partial charge in [-0.3, -0.25) is 24.0 Å². The van der Waals surface area contributed by atoms with E-state index in [2.05, 4.69) is 27.8 Å². The number of nitrogens with zero attached hydrogens (tertiary/aromatic N) is 1. The predicted molar refractivity (Wildman–Crippen MR) is 156 cm³/mol. The lowest BCUT2D eigenvalue weighted by Crippen LogP contribution is -2.62. The average molecular weight is 596 g/mol. The quantitative estimate of drug-likeness (QED) is 0.137. The zero-order chi connectivity index (χ0) is 31.1. The van der Waals surface area contributed by atoms with E-state index in [1.807, 2.05) is 20.8 Å². The monoisotopic (exact) mass is 595 g/mol. The number of alkyl halides is 1. The molecule has 1 aliphatic carbocycles. The Bertz CT molecular complexity index is 1020. The maximum Gasteiger partial charge on any atom is 0.316 e. The normalized spacial score (nSPS) is 20.9. The highest BCUT2D eigenvalue weighted by Crippen LogP contribution is 2.32. The van der Waals surface area contributed by atoms with E-state index in [0.717, 1.165) is 12.8 Å². The average Bonchev–Trinajstić information content (AvgIpc) is 3.67. The van der Waals surface area contributed by atoms with Gasteiger partial charge < -0.3 is 26.2 Å². The summed E-state index contributed by atoms with van der Waals surface area (Å²) in [5.41, 5.74) is -0.752. The number of carbonyl (C=O) groups excluding carboxylic acids is 6. The van der Waals surface area contributed by atoms with Crippen LogP contribution in [0.5, 0.6) is 0 Å². The van der Waals surface area contributed by atoms with Crippen molar-refractivity contribution in [1.82, 2.24) is 26.2 Å². The second-order valence-electron chi connectivity index (χ2n) is 12.3. The van der Waals surface area contributed by atoms with Gasteiger partial charge in [0.05, 0.1) is 17.5 Å². The summed E-state index contributed by atoms with van der Waals surface area (Å²) in [5.74, 6) is -2.96. The van der Waals surface area contributed by atoms with Crippen molar-refractivity contribution in [3.8, 4) is 0 Å². The smallest absolute Gasteiger partial charge is 0.316 e. The van der Waals surface area contributed by atoms with E-state index in [-0.39, 0.29) is 37.1 Å². The van der Waals surface area contributed by atoms with Gasteiger partial charge in [0.15, 0.2) is 5.78 Å². The van der Waals surface area contributed by atoms with E-state index in [1.54, 1.807) is 20.8 Å². The van der Waals surface area contributed by atoms with Gasteiger partial charge in [-0.1, -0.05) is 54.0 Å². The molecule has 0 radical (unpaired) electrons. The van der Waals surface area contributed by atoms with E-state index in [1.165, 1.54) is 11.0 Å². The molecular formula is C29H46ClN5O6. The number of hydrogen-bond donors (Lipinski definition) is 4. The Morgan fingerprint density at radius 3 is 2.17 bits per heavy atom. The molecule has 230 valence electrons. The topological polar surface area (TPSA) is 154 Å². The van der Waals surface area contributed by atoms with Crippen LogP contribution in [0.15, 0.2) is 12.7 Å². The zero-order valence-electron chi connectivity index (χ0n) is 25.1. The Hall–Kier alpha value is -2.95. The van der Waals surface area contributed by atoms with Crippen LogP contribution in [0.4, 0.5) is 4.79 Å². The van der Waals surface area contributed by atoms with Gasteiger partial charge in [0.1, 0.15) is 12.1 Å². The van der Waals surface area contributed by atoms with E-state index < -0.39 is 64.5 Å². The first kappa shape index (κ1) is 34.3. The van der Waals surface area contributed by atoms with Crippen molar-refractivity contribution in [1.29, 1.82) is 0 Å². The molecule has 0 spiro atoms. The molecule has 11 nitrogen and oxygen atoms in total. The van der Waals surface area contributed by atoms with Crippen LogP contribution in [-0.2, 0) is 24.0 Å². The summed E-state index contributed by atoms with van der Waals surface area (Å²) in [4.78, 5) is 79.4. The number of halogens is 1. The zero-order valence-corrected chi connectivity index (χ0v) is 25.8. The number of Topliss-reactive ketones (excluding diaryl/α,β-unsaturated/α-hetero) is 2. The second-order valence-corrected chi connectivity index (χ2v) is 12.9. The molecule has 0 unspecified atom stereocenters. The summed E-state index contributed by atoms with van der Waals surface area (Å²) >= 11 is 6.51. The lowest BCUT2D eigenvalue weighted by Gasteiger charge is -2.36. The van der Waals surface area contributed by atoms with Crippen molar-refractivity contribution in [2.45, 2.75) is 103 Å². The first-order valence-corrected chi connectivity index (χ1v) is 14.9. The van der Waals surface area contributed by atoms with Crippen molar-refractivity contribution in [2.24, 2.45) is 17.3 Å². The van der Waals surface area contributed by atoms with Crippen LogP contribution in [0.25, 0.3) is 0 Å². The molecule has 4 N–H and O–H groups in total. The van der Waals surface area contributed by atoms with E-state index in [9.17, 15) is 28.8 Å². The van der Waals surface area contributed by atoms with Crippen LogP contribution < -0.4 is 21.3 Å². The van der Waals surface area contributed by atoms with Gasteiger partial charge in [-0.25, -0.2) is 4.79 Å². The van der Waals surface area contributed by atoms with E-state index >= 15 is 0 Å². The maximum absolute atomic E-state index is 13.9. The standard InChI is InChI=1S/C29H46ClN5O6/c1-8-10-19(23(37)26(39)31-14-9-2)32-25(38)21-18(30)13-15-35(21)27(40)24(29(5,6)7)34-28(41)33-20(16(3)4)22(36)17-11-12-17/h9,16-21,24H,2,8,10-15H2,1,3-7H3,(H,31,39)(H,32,38)(H2,33,34,41)/t18-,19-,20-,21-,24+/m0/s1. The maximum atomic E-state index is 13.9. The Morgan fingerprint density at radius 1 is 1.02 bits per heavy atom. The van der Waals surface area contributed by atoms with Gasteiger partial charge in [-0.05, 0) is 37.0 Å². The highest BCUT2D eigenvalue weighted by atomic mass is 35.5. The molecule has 1 heterocycles. The van der Waals surface area contributed by atoms with E-state index in [4.69, 9.17) is 11.6 Å². The SMILES string of the molecule is C=CCNC(=O)C(=O)[C@H](CCC)NC(=O)[C@@H]1[C@@H](Cl)CCN1C(=O)[C@@H](NC(=O)N[C@H](C(=O)C1CC1)C(C)C)C(C)(C)C. The van der Waals surface area contributed by atoms with Crippen molar-refractivity contribution in [3.63, 3.8) is 0 Å². The van der Waals surface area contributed by atoms with Crippen molar-refractivity contribution in [3.05, 3.63) is 12.7 Å². The number of carbonyl (C=O) groups is 6.